The summed E-state index contributed by atoms with van der Waals surface area (Å²) in [7, 11) is 0. The van der Waals surface area contributed by atoms with Gasteiger partial charge in [-0.3, -0.25) is 0 Å². The van der Waals surface area contributed by atoms with Gasteiger partial charge in [-0.05, 0) is 77.9 Å². The van der Waals surface area contributed by atoms with Crippen molar-refractivity contribution in [3.63, 3.8) is 0 Å². The lowest BCUT2D eigenvalue weighted by atomic mass is 9.99. The van der Waals surface area contributed by atoms with Crippen LogP contribution in [0.3, 0.4) is 0 Å². The Balaban J connectivity index is 1.23. The first-order valence-corrected chi connectivity index (χ1v) is 16.1. The lowest BCUT2D eigenvalue weighted by molar-refractivity contribution is 0.669. The summed E-state index contributed by atoms with van der Waals surface area (Å²) in [5.41, 5.74) is 10.5. The van der Waals surface area contributed by atoms with E-state index in [9.17, 15) is 10.5 Å². The van der Waals surface area contributed by atoms with Crippen molar-refractivity contribution in [3.8, 4) is 34.6 Å². The minimum atomic E-state index is 0.552. The zero-order valence-corrected chi connectivity index (χ0v) is 26.1. The third-order valence-corrected chi connectivity index (χ3v) is 9.75. The number of hydrogen-bond acceptors (Lipinski definition) is 3. The van der Waals surface area contributed by atoms with E-state index in [2.05, 4.69) is 94.1 Å². The Morgan fingerprint density at radius 1 is 0.429 bits per heavy atom. The molecule has 10 aromatic rings. The maximum atomic E-state index is 10.3. The van der Waals surface area contributed by atoms with Crippen LogP contribution in [0.2, 0.25) is 0 Å². The molecule has 49 heavy (non-hydrogen) atoms. The molecule has 0 N–H and O–H groups in total. The average molecular weight is 625 g/mol. The van der Waals surface area contributed by atoms with Gasteiger partial charge >= 0.3 is 0 Å². The van der Waals surface area contributed by atoms with Gasteiger partial charge in [0.25, 0.3) is 0 Å². The Labute approximate surface area is 280 Å². The van der Waals surface area contributed by atoms with Crippen LogP contribution in [-0.2, 0) is 0 Å². The zero-order chi connectivity index (χ0) is 32.6. The largest absolute Gasteiger partial charge is 0.456 e. The van der Waals surface area contributed by atoms with E-state index in [0.29, 0.717) is 11.1 Å². The lowest BCUT2D eigenvalue weighted by Crippen LogP contribution is -1.99. The van der Waals surface area contributed by atoms with E-state index < -0.39 is 0 Å². The minimum Gasteiger partial charge on any atom is -0.456 e. The third-order valence-electron chi connectivity index (χ3n) is 9.75. The highest BCUT2D eigenvalue weighted by molar-refractivity contribution is 6.17. The third kappa shape index (κ3) is 3.91. The van der Waals surface area contributed by atoms with E-state index in [1.807, 2.05) is 72.8 Å². The van der Waals surface area contributed by atoms with Gasteiger partial charge < -0.3 is 13.6 Å². The van der Waals surface area contributed by atoms with Gasteiger partial charge in [-0.25, -0.2) is 0 Å². The Morgan fingerprint density at radius 2 is 1.06 bits per heavy atom. The summed E-state index contributed by atoms with van der Waals surface area (Å²) in [6, 6.07) is 54.2. The van der Waals surface area contributed by atoms with E-state index in [1.165, 1.54) is 0 Å². The Morgan fingerprint density at radius 3 is 1.76 bits per heavy atom. The molecule has 0 atom stereocenters. The molecular weight excluding hydrogens is 601 g/mol. The predicted molar refractivity (Wildman–Crippen MR) is 197 cm³/mol. The van der Waals surface area contributed by atoms with Crippen molar-refractivity contribution < 1.29 is 4.42 Å². The molecular formula is C44H24N4O. The van der Waals surface area contributed by atoms with Crippen LogP contribution in [0.15, 0.2) is 150 Å². The van der Waals surface area contributed by atoms with Gasteiger partial charge in [0.15, 0.2) is 0 Å². The van der Waals surface area contributed by atoms with Crippen LogP contribution in [0.5, 0.6) is 0 Å². The van der Waals surface area contributed by atoms with E-state index in [4.69, 9.17) is 4.42 Å². The number of rotatable bonds is 3. The summed E-state index contributed by atoms with van der Waals surface area (Å²) in [4.78, 5) is 0. The average Bonchev–Trinajstić information content (AvgIpc) is 3.80. The Hall–Kier alpha value is -7.08. The quantitative estimate of drug-likeness (QED) is 0.196. The van der Waals surface area contributed by atoms with Gasteiger partial charge in [0.05, 0.1) is 45.0 Å². The molecule has 0 amide bonds. The van der Waals surface area contributed by atoms with Crippen LogP contribution in [-0.4, -0.2) is 9.13 Å². The van der Waals surface area contributed by atoms with Gasteiger partial charge in [0.2, 0.25) is 0 Å². The molecule has 0 radical (unpaired) electrons. The fourth-order valence-corrected chi connectivity index (χ4v) is 7.61. The molecule has 0 spiro atoms. The summed E-state index contributed by atoms with van der Waals surface area (Å²) in [5.74, 6) is 0. The van der Waals surface area contributed by atoms with Crippen LogP contribution >= 0.6 is 0 Å². The molecule has 0 saturated carbocycles. The second kappa shape index (κ2) is 10.2. The first-order valence-electron chi connectivity index (χ1n) is 16.1. The summed E-state index contributed by atoms with van der Waals surface area (Å²) < 4.78 is 10.7. The number of benzene rings is 7. The molecule has 10 rings (SSSR count). The Kier molecular flexibility index (Phi) is 5.64. The molecule has 0 aliphatic carbocycles. The zero-order valence-electron chi connectivity index (χ0n) is 26.1. The molecule has 0 fully saturated rings. The number of nitriles is 2. The van der Waals surface area contributed by atoms with Crippen molar-refractivity contribution in [2.75, 3.05) is 0 Å². The fraction of sp³-hybridized carbons (Fsp3) is 0. The normalized spacial score (nSPS) is 11.6. The smallest absolute Gasteiger partial charge is 0.136 e. The molecule has 3 heterocycles. The summed E-state index contributed by atoms with van der Waals surface area (Å²) in [5, 5.41) is 27.1. The van der Waals surface area contributed by atoms with Crippen LogP contribution in [0.25, 0.3) is 88.1 Å². The van der Waals surface area contributed by atoms with Crippen LogP contribution in [0, 0.1) is 22.7 Å². The van der Waals surface area contributed by atoms with Crippen LogP contribution < -0.4 is 0 Å². The van der Waals surface area contributed by atoms with Gasteiger partial charge in [0, 0.05) is 38.0 Å². The van der Waals surface area contributed by atoms with Crippen molar-refractivity contribution in [3.05, 3.63) is 157 Å². The maximum absolute atomic E-state index is 10.3. The molecule has 5 nitrogen and oxygen atoms in total. The molecule has 226 valence electrons. The van der Waals surface area contributed by atoms with Gasteiger partial charge in [-0.15, -0.1) is 0 Å². The van der Waals surface area contributed by atoms with Crippen LogP contribution in [0.1, 0.15) is 11.1 Å². The predicted octanol–water partition coefficient (Wildman–Crippen LogP) is 11.2. The van der Waals surface area contributed by atoms with Crippen molar-refractivity contribution >= 4 is 65.6 Å². The second-order valence-corrected chi connectivity index (χ2v) is 12.4. The summed E-state index contributed by atoms with van der Waals surface area (Å²) in [6.07, 6.45) is 0. The molecule has 0 saturated heterocycles. The van der Waals surface area contributed by atoms with Gasteiger partial charge in [0.1, 0.15) is 17.2 Å². The molecule has 3 aromatic heterocycles. The highest BCUT2D eigenvalue weighted by atomic mass is 16.3. The van der Waals surface area contributed by atoms with Crippen molar-refractivity contribution in [1.82, 2.24) is 9.13 Å². The number of aromatic nitrogens is 2. The van der Waals surface area contributed by atoms with Crippen molar-refractivity contribution in [2.45, 2.75) is 0 Å². The topological polar surface area (TPSA) is 70.6 Å². The summed E-state index contributed by atoms with van der Waals surface area (Å²) in [6.45, 7) is 0. The van der Waals surface area contributed by atoms with E-state index in [-0.39, 0.29) is 0 Å². The molecule has 0 unspecified atom stereocenters. The SMILES string of the molecule is N#Cc1cc(-c2ccc(C#N)c(-n3c4ccccc4c4ccccc43)c2)cc(-n2c3ccccc3c3cc4oc5ccccc5c4cc32)c1. The second-order valence-electron chi connectivity index (χ2n) is 12.4. The minimum absolute atomic E-state index is 0.552. The van der Waals surface area contributed by atoms with E-state index in [1.54, 1.807) is 0 Å². The molecule has 0 bridgehead atoms. The van der Waals surface area contributed by atoms with Crippen molar-refractivity contribution in [1.29, 1.82) is 10.5 Å². The van der Waals surface area contributed by atoms with E-state index >= 15 is 0 Å². The maximum Gasteiger partial charge on any atom is 0.136 e. The highest BCUT2D eigenvalue weighted by Crippen LogP contribution is 2.40. The first kappa shape index (κ1) is 27.1. The van der Waals surface area contributed by atoms with Gasteiger partial charge in [-0.2, -0.15) is 10.5 Å². The van der Waals surface area contributed by atoms with Crippen molar-refractivity contribution in [2.24, 2.45) is 0 Å². The number of fused-ring (bicyclic) bond motifs is 9. The lowest BCUT2D eigenvalue weighted by Gasteiger charge is -2.14. The monoisotopic (exact) mass is 624 g/mol. The number of furan rings is 1. The highest BCUT2D eigenvalue weighted by Gasteiger charge is 2.19. The molecule has 5 heteroatoms. The molecule has 0 aliphatic heterocycles. The Bertz CT molecular complexity index is 3030. The first-order chi connectivity index (χ1) is 24.2. The number of para-hydroxylation sites is 4. The number of hydrogen-bond donors (Lipinski definition) is 0. The molecule has 7 aromatic carbocycles. The van der Waals surface area contributed by atoms with Crippen LogP contribution in [0.4, 0.5) is 0 Å². The number of nitrogens with zero attached hydrogens (tertiary/aromatic N) is 4. The fourth-order valence-electron chi connectivity index (χ4n) is 7.61. The standard InChI is InChI=1S/C44H24N4O/c45-25-27-19-30(28-17-18-29(26-46)41(22-28)48-39-14-6-1-9-32(39)33-10-2-7-15-40(33)48)21-31(20-27)47-38-13-5-3-11-34(38)36-24-44-37(23-42(36)47)35-12-4-8-16-43(35)49-44/h1-24H. The van der Waals surface area contributed by atoms with E-state index in [0.717, 1.165) is 88.1 Å². The molecule has 0 aliphatic rings. The van der Waals surface area contributed by atoms with Gasteiger partial charge in [-0.1, -0.05) is 78.9 Å². The summed E-state index contributed by atoms with van der Waals surface area (Å²) >= 11 is 0.